The minimum absolute atomic E-state index is 0.0749. The molecule has 5 heteroatoms. The van der Waals surface area contributed by atoms with Crippen molar-refractivity contribution in [1.82, 2.24) is 4.90 Å². The van der Waals surface area contributed by atoms with E-state index in [0.717, 1.165) is 16.9 Å². The van der Waals surface area contributed by atoms with E-state index < -0.39 is 6.10 Å². The molecule has 26 heavy (non-hydrogen) atoms. The quantitative estimate of drug-likeness (QED) is 0.746. The van der Waals surface area contributed by atoms with Gasteiger partial charge in [-0.1, -0.05) is 42.5 Å². The van der Waals surface area contributed by atoms with Crippen LogP contribution >= 0.6 is 0 Å². The average molecular weight is 353 g/mol. The second-order valence-corrected chi connectivity index (χ2v) is 6.42. The molecule has 1 fully saturated rings. The summed E-state index contributed by atoms with van der Waals surface area (Å²) in [5.74, 6) is 0.482. The zero-order valence-corrected chi connectivity index (χ0v) is 15.1. The first-order chi connectivity index (χ1) is 12.6. The molecule has 0 aromatic heterocycles. The summed E-state index contributed by atoms with van der Waals surface area (Å²) < 4.78 is 10.9. The van der Waals surface area contributed by atoms with Crippen molar-refractivity contribution in [2.75, 3.05) is 7.11 Å². The smallest absolute Gasteiger partial charge is 0.303 e. The maximum atomic E-state index is 12.5. The Hall–Kier alpha value is -2.82. The number of carbonyl (C=O) groups excluding carboxylic acids is 2. The number of likely N-dealkylation sites (tertiary alicyclic amines) is 1. The third-order valence-electron chi connectivity index (χ3n) is 4.63. The number of amides is 1. The van der Waals surface area contributed by atoms with Crippen molar-refractivity contribution in [2.45, 2.75) is 38.5 Å². The van der Waals surface area contributed by atoms with Crippen LogP contribution in [0.4, 0.5) is 0 Å². The predicted octanol–water partition coefficient (Wildman–Crippen LogP) is 3.49. The predicted molar refractivity (Wildman–Crippen MR) is 97.5 cm³/mol. The number of hydrogen-bond donors (Lipinski definition) is 0. The standard InChI is InChI=1S/C21H23NO4/c1-15(23)26-21(17-8-4-3-5-9-17)19-11-12-20(24)22(19)14-16-7-6-10-18(13-16)25-2/h3-10,13,19,21H,11-12,14H2,1-2H3. The summed E-state index contributed by atoms with van der Waals surface area (Å²) in [7, 11) is 1.62. The van der Waals surface area contributed by atoms with Crippen LogP contribution in [0.25, 0.3) is 0 Å². The number of benzene rings is 2. The highest BCUT2D eigenvalue weighted by molar-refractivity contribution is 5.79. The zero-order chi connectivity index (χ0) is 18.5. The van der Waals surface area contributed by atoms with E-state index >= 15 is 0 Å². The monoisotopic (exact) mass is 353 g/mol. The highest BCUT2D eigenvalue weighted by Crippen LogP contribution is 2.34. The molecule has 2 aromatic carbocycles. The summed E-state index contributed by atoms with van der Waals surface area (Å²) in [5.41, 5.74) is 1.89. The highest BCUT2D eigenvalue weighted by atomic mass is 16.5. The molecule has 136 valence electrons. The van der Waals surface area contributed by atoms with Crippen molar-refractivity contribution >= 4 is 11.9 Å². The number of methoxy groups -OCH3 is 1. The van der Waals surface area contributed by atoms with Crippen LogP contribution in [0.1, 0.15) is 37.0 Å². The molecule has 2 unspecified atom stereocenters. The van der Waals surface area contributed by atoms with Gasteiger partial charge in [-0.05, 0) is 29.7 Å². The van der Waals surface area contributed by atoms with Crippen LogP contribution in [0.2, 0.25) is 0 Å². The summed E-state index contributed by atoms with van der Waals surface area (Å²) in [4.78, 5) is 26.0. The van der Waals surface area contributed by atoms with Gasteiger partial charge in [0.15, 0.2) is 0 Å². The molecule has 0 aliphatic carbocycles. The van der Waals surface area contributed by atoms with Gasteiger partial charge in [0, 0.05) is 19.9 Å². The Morgan fingerprint density at radius 3 is 2.65 bits per heavy atom. The molecule has 1 aliphatic rings. The lowest BCUT2D eigenvalue weighted by Crippen LogP contribution is -2.38. The Morgan fingerprint density at radius 2 is 1.96 bits per heavy atom. The molecule has 1 saturated heterocycles. The highest BCUT2D eigenvalue weighted by Gasteiger charge is 2.39. The summed E-state index contributed by atoms with van der Waals surface area (Å²) >= 11 is 0. The fourth-order valence-corrected chi connectivity index (χ4v) is 3.43. The van der Waals surface area contributed by atoms with Gasteiger partial charge in [-0.2, -0.15) is 0 Å². The topological polar surface area (TPSA) is 55.8 Å². The van der Waals surface area contributed by atoms with Crippen LogP contribution in [0.3, 0.4) is 0 Å². The largest absolute Gasteiger partial charge is 0.497 e. The Morgan fingerprint density at radius 1 is 1.19 bits per heavy atom. The van der Waals surface area contributed by atoms with Gasteiger partial charge in [-0.25, -0.2) is 0 Å². The molecule has 1 amide bonds. The first kappa shape index (κ1) is 18.0. The number of ether oxygens (including phenoxy) is 2. The van der Waals surface area contributed by atoms with E-state index in [1.807, 2.05) is 59.5 Å². The van der Waals surface area contributed by atoms with Crippen molar-refractivity contribution in [3.63, 3.8) is 0 Å². The van der Waals surface area contributed by atoms with E-state index in [1.54, 1.807) is 7.11 Å². The molecule has 3 rings (SSSR count). The van der Waals surface area contributed by atoms with Crippen molar-refractivity contribution in [2.24, 2.45) is 0 Å². The van der Waals surface area contributed by atoms with E-state index in [0.29, 0.717) is 19.4 Å². The van der Waals surface area contributed by atoms with Crippen molar-refractivity contribution in [1.29, 1.82) is 0 Å². The molecule has 0 saturated carbocycles. The molecule has 5 nitrogen and oxygen atoms in total. The van der Waals surface area contributed by atoms with Gasteiger partial charge in [0.05, 0.1) is 13.2 Å². The third-order valence-corrected chi connectivity index (χ3v) is 4.63. The number of rotatable bonds is 6. The lowest BCUT2D eigenvalue weighted by molar-refractivity contribution is -0.152. The first-order valence-electron chi connectivity index (χ1n) is 8.73. The summed E-state index contributed by atoms with van der Waals surface area (Å²) in [5, 5.41) is 0. The van der Waals surface area contributed by atoms with E-state index in [9.17, 15) is 9.59 Å². The van der Waals surface area contributed by atoms with Crippen LogP contribution in [0.15, 0.2) is 54.6 Å². The van der Waals surface area contributed by atoms with Crippen LogP contribution in [0, 0.1) is 0 Å². The van der Waals surface area contributed by atoms with Crippen LogP contribution in [-0.4, -0.2) is 29.9 Å². The normalized spacial score (nSPS) is 17.8. The van der Waals surface area contributed by atoms with Crippen molar-refractivity contribution in [3.05, 3.63) is 65.7 Å². The number of hydrogen-bond acceptors (Lipinski definition) is 4. The van der Waals surface area contributed by atoms with Gasteiger partial charge in [0.1, 0.15) is 11.9 Å². The Kier molecular flexibility index (Phi) is 5.56. The molecule has 0 N–H and O–H groups in total. The lowest BCUT2D eigenvalue weighted by atomic mass is 9.99. The van der Waals surface area contributed by atoms with Gasteiger partial charge >= 0.3 is 5.97 Å². The van der Waals surface area contributed by atoms with Crippen LogP contribution in [0.5, 0.6) is 5.75 Å². The SMILES string of the molecule is COc1cccc(CN2C(=O)CCC2C(OC(C)=O)c2ccccc2)c1. The van der Waals surface area contributed by atoms with Crippen molar-refractivity contribution < 1.29 is 19.1 Å². The fourth-order valence-electron chi connectivity index (χ4n) is 3.43. The average Bonchev–Trinajstić information content (AvgIpc) is 3.01. The molecule has 2 atom stereocenters. The zero-order valence-electron chi connectivity index (χ0n) is 15.1. The third kappa shape index (κ3) is 4.04. The van der Waals surface area contributed by atoms with E-state index in [1.165, 1.54) is 6.92 Å². The Balaban J connectivity index is 1.87. The second-order valence-electron chi connectivity index (χ2n) is 6.42. The lowest BCUT2D eigenvalue weighted by Gasteiger charge is -2.31. The fraction of sp³-hybridized carbons (Fsp3) is 0.333. The molecule has 2 aromatic rings. The second kappa shape index (κ2) is 8.04. The van der Waals surface area contributed by atoms with E-state index in [2.05, 4.69) is 0 Å². The van der Waals surface area contributed by atoms with Crippen LogP contribution < -0.4 is 4.74 Å². The summed E-state index contributed by atoms with van der Waals surface area (Å²) in [6.45, 7) is 1.87. The van der Waals surface area contributed by atoms with Crippen molar-refractivity contribution in [3.8, 4) is 5.75 Å². The Labute approximate surface area is 153 Å². The van der Waals surface area contributed by atoms with Gasteiger partial charge in [0.25, 0.3) is 0 Å². The molecular weight excluding hydrogens is 330 g/mol. The summed E-state index contributed by atoms with van der Waals surface area (Å²) in [6, 6.07) is 17.1. The first-order valence-corrected chi connectivity index (χ1v) is 8.73. The number of esters is 1. The molecule has 0 bridgehead atoms. The molecule has 0 radical (unpaired) electrons. The van der Waals surface area contributed by atoms with Crippen LogP contribution in [-0.2, 0) is 20.9 Å². The minimum atomic E-state index is -0.467. The summed E-state index contributed by atoms with van der Waals surface area (Å²) in [6.07, 6.45) is 0.653. The maximum absolute atomic E-state index is 12.5. The maximum Gasteiger partial charge on any atom is 0.303 e. The number of carbonyl (C=O) groups is 2. The molecule has 0 spiro atoms. The van der Waals surface area contributed by atoms with E-state index in [-0.39, 0.29) is 17.9 Å². The Bertz CT molecular complexity index is 775. The molecule has 1 aliphatic heterocycles. The van der Waals surface area contributed by atoms with Gasteiger partial charge in [-0.15, -0.1) is 0 Å². The molecule has 1 heterocycles. The van der Waals surface area contributed by atoms with Gasteiger partial charge < -0.3 is 14.4 Å². The number of nitrogens with zero attached hydrogens (tertiary/aromatic N) is 1. The van der Waals surface area contributed by atoms with Gasteiger partial charge in [0.2, 0.25) is 5.91 Å². The van der Waals surface area contributed by atoms with E-state index in [4.69, 9.17) is 9.47 Å². The molecular formula is C21H23NO4. The van der Waals surface area contributed by atoms with Gasteiger partial charge in [-0.3, -0.25) is 9.59 Å². The minimum Gasteiger partial charge on any atom is -0.497 e.